The molecule has 0 aliphatic carbocycles. The van der Waals surface area contributed by atoms with Crippen molar-refractivity contribution in [3.05, 3.63) is 23.4 Å². The Morgan fingerprint density at radius 1 is 1.28 bits per heavy atom. The van der Waals surface area contributed by atoms with Gasteiger partial charge in [0.05, 0.1) is 6.10 Å². The van der Waals surface area contributed by atoms with Gasteiger partial charge in [0, 0.05) is 24.8 Å². The fourth-order valence-electron chi connectivity index (χ4n) is 2.59. The average Bonchev–Trinajstić information content (AvgIpc) is 2.66. The minimum atomic E-state index is -0.379. The summed E-state index contributed by atoms with van der Waals surface area (Å²) in [4.78, 5) is 6.92. The molecule has 18 heavy (non-hydrogen) atoms. The van der Waals surface area contributed by atoms with Crippen LogP contribution in [-0.4, -0.2) is 23.2 Å². The standard InChI is InChI=1S/C15H24N2O/c1-3-14(18)13-11-16-15(10-12(13)2)17-8-6-4-5-7-9-17/h10-11,14,18H,3-9H2,1-2H3. The van der Waals surface area contributed by atoms with Gasteiger partial charge in [0.15, 0.2) is 0 Å². The quantitative estimate of drug-likeness (QED) is 0.892. The van der Waals surface area contributed by atoms with Crippen LogP contribution >= 0.6 is 0 Å². The van der Waals surface area contributed by atoms with Gasteiger partial charge in [-0.05, 0) is 37.8 Å². The molecule has 0 aromatic carbocycles. The highest BCUT2D eigenvalue weighted by Gasteiger charge is 2.14. The second-order valence-corrected chi connectivity index (χ2v) is 5.22. The molecule has 3 heteroatoms. The van der Waals surface area contributed by atoms with Crippen molar-refractivity contribution < 1.29 is 5.11 Å². The van der Waals surface area contributed by atoms with Crippen LogP contribution in [-0.2, 0) is 0 Å². The summed E-state index contributed by atoms with van der Waals surface area (Å²) in [5, 5.41) is 9.90. The zero-order valence-electron chi connectivity index (χ0n) is 11.5. The Hall–Kier alpha value is -1.09. The fourth-order valence-corrected chi connectivity index (χ4v) is 2.59. The molecule has 1 saturated heterocycles. The minimum absolute atomic E-state index is 0.379. The van der Waals surface area contributed by atoms with Crippen LogP contribution < -0.4 is 4.90 Å². The maximum atomic E-state index is 9.90. The number of hydrogen-bond donors (Lipinski definition) is 1. The van der Waals surface area contributed by atoms with E-state index in [9.17, 15) is 5.11 Å². The van der Waals surface area contributed by atoms with Crippen LogP contribution in [0.25, 0.3) is 0 Å². The summed E-state index contributed by atoms with van der Waals surface area (Å²) in [5.41, 5.74) is 2.12. The molecule has 0 saturated carbocycles. The zero-order valence-corrected chi connectivity index (χ0v) is 11.5. The van der Waals surface area contributed by atoms with Gasteiger partial charge in [-0.25, -0.2) is 4.98 Å². The summed E-state index contributed by atoms with van der Waals surface area (Å²) < 4.78 is 0. The first-order valence-corrected chi connectivity index (χ1v) is 7.12. The van der Waals surface area contributed by atoms with Gasteiger partial charge in [-0.3, -0.25) is 0 Å². The first kappa shape index (κ1) is 13.3. The van der Waals surface area contributed by atoms with E-state index >= 15 is 0 Å². The molecule has 2 heterocycles. The van der Waals surface area contributed by atoms with Crippen LogP contribution in [0.5, 0.6) is 0 Å². The third-order valence-corrected chi connectivity index (χ3v) is 3.81. The third-order valence-electron chi connectivity index (χ3n) is 3.81. The van der Waals surface area contributed by atoms with Crippen molar-refractivity contribution in [1.82, 2.24) is 4.98 Å². The van der Waals surface area contributed by atoms with E-state index in [2.05, 4.69) is 22.9 Å². The summed E-state index contributed by atoms with van der Waals surface area (Å²) in [6, 6.07) is 2.12. The van der Waals surface area contributed by atoms with E-state index in [1.54, 1.807) is 0 Å². The van der Waals surface area contributed by atoms with E-state index < -0.39 is 0 Å². The lowest BCUT2D eigenvalue weighted by molar-refractivity contribution is 0.172. The van der Waals surface area contributed by atoms with Gasteiger partial charge in [-0.2, -0.15) is 0 Å². The maximum absolute atomic E-state index is 9.90. The maximum Gasteiger partial charge on any atom is 0.128 e. The summed E-state index contributed by atoms with van der Waals surface area (Å²) in [6.45, 7) is 6.29. The molecule has 3 nitrogen and oxygen atoms in total. The lowest BCUT2D eigenvalue weighted by atomic mass is 10.0. The Bertz CT molecular complexity index is 384. The molecule has 0 radical (unpaired) electrons. The minimum Gasteiger partial charge on any atom is -0.388 e. The Kier molecular flexibility index (Phi) is 4.59. The molecular weight excluding hydrogens is 224 g/mol. The predicted molar refractivity (Wildman–Crippen MR) is 74.9 cm³/mol. The summed E-state index contributed by atoms with van der Waals surface area (Å²) in [7, 11) is 0. The molecule has 1 fully saturated rings. The van der Waals surface area contributed by atoms with Crippen molar-refractivity contribution in [2.45, 2.75) is 52.1 Å². The number of rotatable bonds is 3. The topological polar surface area (TPSA) is 36.4 Å². The van der Waals surface area contributed by atoms with Gasteiger partial charge in [-0.15, -0.1) is 0 Å². The van der Waals surface area contributed by atoms with E-state index in [0.717, 1.165) is 36.5 Å². The van der Waals surface area contributed by atoms with Gasteiger partial charge in [0.25, 0.3) is 0 Å². The van der Waals surface area contributed by atoms with Crippen molar-refractivity contribution in [3.8, 4) is 0 Å². The van der Waals surface area contributed by atoms with Crippen LogP contribution in [0.15, 0.2) is 12.3 Å². The van der Waals surface area contributed by atoms with Gasteiger partial charge in [0.2, 0.25) is 0 Å². The van der Waals surface area contributed by atoms with E-state index in [1.165, 1.54) is 25.7 Å². The highest BCUT2D eigenvalue weighted by Crippen LogP contribution is 2.24. The lowest BCUT2D eigenvalue weighted by Crippen LogP contribution is -2.25. The first-order valence-electron chi connectivity index (χ1n) is 7.12. The van der Waals surface area contributed by atoms with Crippen molar-refractivity contribution >= 4 is 5.82 Å². The molecule has 0 spiro atoms. The largest absolute Gasteiger partial charge is 0.388 e. The number of aliphatic hydroxyl groups is 1. The SMILES string of the molecule is CCC(O)c1cnc(N2CCCCCC2)cc1C. The van der Waals surface area contributed by atoms with Crippen molar-refractivity contribution in [1.29, 1.82) is 0 Å². The highest BCUT2D eigenvalue weighted by molar-refractivity contribution is 5.44. The monoisotopic (exact) mass is 248 g/mol. The van der Waals surface area contributed by atoms with Gasteiger partial charge >= 0.3 is 0 Å². The molecule has 100 valence electrons. The van der Waals surface area contributed by atoms with Gasteiger partial charge in [0.1, 0.15) is 5.82 Å². The molecule has 1 unspecified atom stereocenters. The Labute approximate surface area is 110 Å². The lowest BCUT2D eigenvalue weighted by Gasteiger charge is -2.23. The molecule has 2 rings (SSSR count). The number of nitrogens with zero attached hydrogens (tertiary/aromatic N) is 2. The second-order valence-electron chi connectivity index (χ2n) is 5.22. The van der Waals surface area contributed by atoms with E-state index in [4.69, 9.17) is 0 Å². The van der Waals surface area contributed by atoms with Gasteiger partial charge in [-0.1, -0.05) is 19.8 Å². The molecule has 1 aliphatic rings. The second kappa shape index (κ2) is 6.19. The Balaban J connectivity index is 2.16. The van der Waals surface area contributed by atoms with Crippen molar-refractivity contribution in [2.24, 2.45) is 0 Å². The number of aryl methyl sites for hydroxylation is 1. The number of pyridine rings is 1. The highest BCUT2D eigenvalue weighted by atomic mass is 16.3. The predicted octanol–water partition coefficient (Wildman–Crippen LogP) is 3.21. The molecule has 1 N–H and O–H groups in total. The zero-order chi connectivity index (χ0) is 13.0. The number of aliphatic hydroxyl groups excluding tert-OH is 1. The fraction of sp³-hybridized carbons (Fsp3) is 0.667. The van der Waals surface area contributed by atoms with Gasteiger partial charge < -0.3 is 10.0 Å². The molecule has 1 aliphatic heterocycles. The Morgan fingerprint density at radius 3 is 2.50 bits per heavy atom. The molecule has 1 atom stereocenters. The molecule has 0 amide bonds. The summed E-state index contributed by atoms with van der Waals surface area (Å²) in [5.74, 6) is 1.07. The molecule has 1 aromatic heterocycles. The number of hydrogen-bond acceptors (Lipinski definition) is 3. The number of anilines is 1. The van der Waals surface area contributed by atoms with E-state index in [1.807, 2.05) is 13.1 Å². The number of aromatic nitrogens is 1. The summed E-state index contributed by atoms with van der Waals surface area (Å²) in [6.07, 6.45) is 7.41. The van der Waals surface area contributed by atoms with Crippen LogP contribution in [0.1, 0.15) is 56.3 Å². The van der Waals surface area contributed by atoms with E-state index in [0.29, 0.717) is 0 Å². The average molecular weight is 248 g/mol. The van der Waals surface area contributed by atoms with Crippen LogP contribution in [0.4, 0.5) is 5.82 Å². The van der Waals surface area contributed by atoms with E-state index in [-0.39, 0.29) is 6.10 Å². The Morgan fingerprint density at radius 2 is 1.94 bits per heavy atom. The first-order chi connectivity index (χ1) is 8.72. The van der Waals surface area contributed by atoms with Crippen LogP contribution in [0.2, 0.25) is 0 Å². The molecular formula is C15H24N2O. The third kappa shape index (κ3) is 3.02. The summed E-state index contributed by atoms with van der Waals surface area (Å²) >= 11 is 0. The molecule has 1 aromatic rings. The van der Waals surface area contributed by atoms with Crippen molar-refractivity contribution in [2.75, 3.05) is 18.0 Å². The smallest absolute Gasteiger partial charge is 0.128 e. The van der Waals surface area contributed by atoms with Crippen LogP contribution in [0, 0.1) is 6.92 Å². The molecule has 0 bridgehead atoms. The van der Waals surface area contributed by atoms with Crippen LogP contribution in [0.3, 0.4) is 0 Å². The van der Waals surface area contributed by atoms with Crippen molar-refractivity contribution in [3.63, 3.8) is 0 Å². The normalized spacial score (nSPS) is 18.5.